The van der Waals surface area contributed by atoms with Gasteiger partial charge in [0.25, 0.3) is 0 Å². The van der Waals surface area contributed by atoms with Crippen LogP contribution >= 0.6 is 0 Å². The summed E-state index contributed by atoms with van der Waals surface area (Å²) < 4.78 is 13.9. The maximum Gasteiger partial charge on any atom is 0.128 e. The van der Waals surface area contributed by atoms with Crippen molar-refractivity contribution in [2.45, 2.75) is 65.3 Å². The van der Waals surface area contributed by atoms with Gasteiger partial charge in [0.2, 0.25) is 0 Å². The number of unbranched alkanes of at least 4 members (excludes halogenated alkanes) is 4. The fraction of sp³-hybridized carbons (Fsp3) is 0.625. The highest BCUT2D eigenvalue weighted by Crippen LogP contribution is 2.25. The highest BCUT2D eigenvalue weighted by molar-refractivity contribution is 5.34. The zero-order chi connectivity index (χ0) is 13.5. The number of halogens is 1. The Morgan fingerprint density at radius 1 is 1.11 bits per heavy atom. The monoisotopic (exact) mass is 251 g/mol. The average Bonchev–Trinajstić information content (AvgIpc) is 2.27. The first-order chi connectivity index (χ1) is 8.56. The maximum absolute atomic E-state index is 13.9. The van der Waals surface area contributed by atoms with E-state index in [0.717, 1.165) is 24.0 Å². The molecule has 2 N–H and O–H groups in total. The van der Waals surface area contributed by atoms with E-state index in [-0.39, 0.29) is 11.9 Å². The molecule has 0 radical (unpaired) electrons. The van der Waals surface area contributed by atoms with Crippen molar-refractivity contribution in [3.05, 3.63) is 34.6 Å². The van der Waals surface area contributed by atoms with Gasteiger partial charge in [-0.2, -0.15) is 0 Å². The number of hydrogen-bond donors (Lipinski definition) is 1. The van der Waals surface area contributed by atoms with Crippen LogP contribution in [0.5, 0.6) is 0 Å². The Bertz CT molecular complexity index is 350. The third kappa shape index (κ3) is 4.41. The summed E-state index contributed by atoms with van der Waals surface area (Å²) in [5.74, 6) is -0.145. The molecule has 1 aromatic carbocycles. The van der Waals surface area contributed by atoms with Crippen LogP contribution in [-0.2, 0) is 0 Å². The molecule has 0 fully saturated rings. The molecule has 0 spiro atoms. The smallest absolute Gasteiger partial charge is 0.128 e. The second kappa shape index (κ2) is 7.52. The van der Waals surface area contributed by atoms with Gasteiger partial charge in [0.15, 0.2) is 0 Å². The SMILES string of the molecule is CCCCCCCC(N)c1c(C)cc(C)cc1F. The third-order valence-corrected chi connectivity index (χ3v) is 3.47. The topological polar surface area (TPSA) is 26.0 Å². The van der Waals surface area contributed by atoms with E-state index in [9.17, 15) is 4.39 Å². The van der Waals surface area contributed by atoms with Crippen molar-refractivity contribution in [1.82, 2.24) is 0 Å². The molecular formula is C16H26FN. The van der Waals surface area contributed by atoms with Gasteiger partial charge in [-0.25, -0.2) is 4.39 Å². The van der Waals surface area contributed by atoms with Gasteiger partial charge in [0.05, 0.1) is 0 Å². The van der Waals surface area contributed by atoms with Crippen molar-refractivity contribution >= 4 is 0 Å². The van der Waals surface area contributed by atoms with Crippen LogP contribution in [0.4, 0.5) is 4.39 Å². The van der Waals surface area contributed by atoms with Crippen LogP contribution in [0.15, 0.2) is 12.1 Å². The van der Waals surface area contributed by atoms with Crippen molar-refractivity contribution in [1.29, 1.82) is 0 Å². The summed E-state index contributed by atoms with van der Waals surface area (Å²) in [5, 5.41) is 0. The fourth-order valence-corrected chi connectivity index (χ4v) is 2.51. The van der Waals surface area contributed by atoms with Crippen molar-refractivity contribution in [3.8, 4) is 0 Å². The Kier molecular flexibility index (Phi) is 6.34. The largest absolute Gasteiger partial charge is 0.324 e. The van der Waals surface area contributed by atoms with Crippen molar-refractivity contribution in [3.63, 3.8) is 0 Å². The molecule has 0 saturated carbocycles. The molecule has 1 rings (SSSR count). The lowest BCUT2D eigenvalue weighted by molar-refractivity contribution is 0.524. The fourth-order valence-electron chi connectivity index (χ4n) is 2.51. The summed E-state index contributed by atoms with van der Waals surface area (Å²) in [5.41, 5.74) is 8.77. The van der Waals surface area contributed by atoms with Crippen molar-refractivity contribution in [2.24, 2.45) is 5.73 Å². The number of aryl methyl sites for hydroxylation is 2. The number of hydrogen-bond acceptors (Lipinski definition) is 1. The van der Waals surface area contributed by atoms with E-state index in [1.54, 1.807) is 6.07 Å². The van der Waals surface area contributed by atoms with E-state index in [2.05, 4.69) is 6.92 Å². The summed E-state index contributed by atoms with van der Waals surface area (Å²) in [6.45, 7) is 6.06. The summed E-state index contributed by atoms with van der Waals surface area (Å²) in [7, 11) is 0. The summed E-state index contributed by atoms with van der Waals surface area (Å²) in [6.07, 6.45) is 6.97. The molecule has 0 saturated heterocycles. The molecule has 0 amide bonds. The lowest BCUT2D eigenvalue weighted by atomic mass is 9.95. The molecule has 2 heteroatoms. The first-order valence-electron chi connectivity index (χ1n) is 7.08. The molecule has 18 heavy (non-hydrogen) atoms. The van der Waals surface area contributed by atoms with Gasteiger partial charge in [0.1, 0.15) is 5.82 Å². The molecular weight excluding hydrogens is 225 g/mol. The minimum absolute atomic E-state index is 0.145. The maximum atomic E-state index is 13.9. The number of benzene rings is 1. The van der Waals surface area contributed by atoms with Gasteiger partial charge >= 0.3 is 0 Å². The van der Waals surface area contributed by atoms with E-state index in [1.807, 2.05) is 19.9 Å². The van der Waals surface area contributed by atoms with E-state index >= 15 is 0 Å². The quantitative estimate of drug-likeness (QED) is 0.692. The van der Waals surface area contributed by atoms with Crippen LogP contribution in [0.1, 0.15) is 68.2 Å². The number of rotatable bonds is 7. The highest BCUT2D eigenvalue weighted by Gasteiger charge is 2.14. The third-order valence-electron chi connectivity index (χ3n) is 3.47. The second-order valence-electron chi connectivity index (χ2n) is 5.29. The molecule has 1 aromatic rings. The molecule has 0 aliphatic carbocycles. The van der Waals surface area contributed by atoms with E-state index in [4.69, 9.17) is 5.73 Å². The van der Waals surface area contributed by atoms with Gasteiger partial charge < -0.3 is 5.73 Å². The van der Waals surface area contributed by atoms with E-state index in [1.165, 1.54) is 25.7 Å². The average molecular weight is 251 g/mol. The Morgan fingerprint density at radius 2 is 1.78 bits per heavy atom. The van der Waals surface area contributed by atoms with Crippen molar-refractivity contribution < 1.29 is 4.39 Å². The van der Waals surface area contributed by atoms with Crippen LogP contribution in [-0.4, -0.2) is 0 Å². The predicted molar refractivity (Wildman–Crippen MR) is 76.2 cm³/mol. The summed E-state index contributed by atoms with van der Waals surface area (Å²) in [4.78, 5) is 0. The van der Waals surface area contributed by atoms with Gasteiger partial charge in [0, 0.05) is 11.6 Å². The summed E-state index contributed by atoms with van der Waals surface area (Å²) in [6, 6.07) is 3.43. The Morgan fingerprint density at radius 3 is 2.39 bits per heavy atom. The van der Waals surface area contributed by atoms with Crippen LogP contribution in [0.25, 0.3) is 0 Å². The van der Waals surface area contributed by atoms with Gasteiger partial charge in [-0.1, -0.05) is 45.1 Å². The standard InChI is InChI=1S/C16H26FN/c1-4-5-6-7-8-9-15(18)16-13(3)10-12(2)11-14(16)17/h10-11,15H,4-9,18H2,1-3H3. The van der Waals surface area contributed by atoms with E-state index < -0.39 is 0 Å². The molecule has 1 unspecified atom stereocenters. The Balaban J connectivity index is 2.53. The lowest BCUT2D eigenvalue weighted by Gasteiger charge is -2.16. The van der Waals surface area contributed by atoms with Gasteiger partial charge in [-0.3, -0.25) is 0 Å². The van der Waals surface area contributed by atoms with Crippen LogP contribution in [0, 0.1) is 19.7 Å². The normalized spacial score (nSPS) is 12.7. The Labute approximate surface area is 111 Å². The minimum atomic E-state index is -0.160. The molecule has 1 nitrogen and oxygen atoms in total. The van der Waals surface area contributed by atoms with Crippen LogP contribution in [0.3, 0.4) is 0 Å². The van der Waals surface area contributed by atoms with Crippen LogP contribution in [0.2, 0.25) is 0 Å². The first-order valence-corrected chi connectivity index (χ1v) is 7.08. The first kappa shape index (κ1) is 15.2. The summed E-state index contributed by atoms with van der Waals surface area (Å²) >= 11 is 0. The molecule has 0 aliphatic rings. The molecule has 0 heterocycles. The molecule has 102 valence electrons. The zero-order valence-corrected chi connectivity index (χ0v) is 11.9. The predicted octanol–water partition coefficient (Wildman–Crippen LogP) is 4.80. The molecule has 1 atom stereocenters. The second-order valence-corrected chi connectivity index (χ2v) is 5.29. The molecule has 0 aliphatic heterocycles. The van der Waals surface area contributed by atoms with Crippen molar-refractivity contribution in [2.75, 3.05) is 0 Å². The number of nitrogens with two attached hydrogens (primary N) is 1. The Hall–Kier alpha value is -0.890. The zero-order valence-electron chi connectivity index (χ0n) is 11.9. The van der Waals surface area contributed by atoms with E-state index in [0.29, 0.717) is 5.56 Å². The van der Waals surface area contributed by atoms with Crippen LogP contribution < -0.4 is 5.73 Å². The van der Waals surface area contributed by atoms with Gasteiger partial charge in [-0.15, -0.1) is 0 Å². The minimum Gasteiger partial charge on any atom is -0.324 e. The lowest BCUT2D eigenvalue weighted by Crippen LogP contribution is -2.14. The van der Waals surface area contributed by atoms with Gasteiger partial charge in [-0.05, 0) is 37.5 Å². The molecule has 0 bridgehead atoms. The molecule has 0 aromatic heterocycles. The highest BCUT2D eigenvalue weighted by atomic mass is 19.1.